The molecule has 0 fully saturated rings. The van der Waals surface area contributed by atoms with Crippen LogP contribution in [0.1, 0.15) is 30.7 Å². The fourth-order valence-electron chi connectivity index (χ4n) is 1.69. The Morgan fingerprint density at radius 2 is 2.00 bits per heavy atom. The number of nitrogens with zero attached hydrogens (tertiary/aromatic N) is 1. The minimum absolute atomic E-state index is 0.442. The van der Waals surface area contributed by atoms with E-state index in [-0.39, 0.29) is 0 Å². The molecule has 0 unspecified atom stereocenters. The van der Waals surface area contributed by atoms with Gasteiger partial charge in [0.1, 0.15) is 6.61 Å². The van der Waals surface area contributed by atoms with E-state index >= 15 is 0 Å². The Kier molecular flexibility index (Phi) is 6.09. The summed E-state index contributed by atoms with van der Waals surface area (Å²) in [5, 5.41) is 3.40. The van der Waals surface area contributed by atoms with Gasteiger partial charge in [-0.15, -0.1) is 0 Å². The molecule has 0 spiro atoms. The molecular weight excluding hydrogens is 228 g/mol. The second-order valence-electron chi connectivity index (χ2n) is 4.74. The predicted octanol–water partition coefficient (Wildman–Crippen LogP) is 2.22. The minimum atomic E-state index is 0.442. The van der Waals surface area contributed by atoms with Gasteiger partial charge in [0.25, 0.3) is 0 Å². The molecule has 102 valence electrons. The molecule has 0 amide bonds. The molecule has 1 heterocycles. The highest BCUT2D eigenvalue weighted by molar-refractivity contribution is 5.35. The van der Waals surface area contributed by atoms with E-state index in [4.69, 9.17) is 9.47 Å². The third-order valence-corrected chi connectivity index (χ3v) is 2.65. The van der Waals surface area contributed by atoms with Gasteiger partial charge in [-0.3, -0.25) is 0 Å². The Bertz CT molecular complexity index is 378. The van der Waals surface area contributed by atoms with Gasteiger partial charge in [0.15, 0.2) is 0 Å². The summed E-state index contributed by atoms with van der Waals surface area (Å²) in [7, 11) is 1.67. The highest BCUT2D eigenvalue weighted by Crippen LogP contribution is 2.21. The lowest BCUT2D eigenvalue weighted by atomic mass is 10.1. The lowest BCUT2D eigenvalue weighted by Gasteiger charge is -2.15. The largest absolute Gasteiger partial charge is 0.475 e. The van der Waals surface area contributed by atoms with Crippen LogP contribution in [0.4, 0.5) is 0 Å². The standard InChI is InChI=1S/C14H24N2O2/c1-10(2)15-9-13-11(3)8-12(4)16-14(13)18-7-6-17-5/h8,10,15H,6-7,9H2,1-5H3. The predicted molar refractivity (Wildman–Crippen MR) is 73.1 cm³/mol. The third kappa shape index (κ3) is 4.63. The Labute approximate surface area is 110 Å². The molecule has 1 aromatic heterocycles. The Hall–Kier alpha value is -1.13. The number of pyridine rings is 1. The van der Waals surface area contributed by atoms with Crippen LogP contribution in [-0.4, -0.2) is 31.3 Å². The van der Waals surface area contributed by atoms with E-state index in [0.717, 1.165) is 23.7 Å². The number of hydrogen-bond donors (Lipinski definition) is 1. The summed E-state index contributed by atoms with van der Waals surface area (Å²) in [5.41, 5.74) is 3.32. The van der Waals surface area contributed by atoms with E-state index in [1.165, 1.54) is 5.56 Å². The molecule has 1 rings (SSSR count). The average molecular weight is 252 g/mol. The Balaban J connectivity index is 2.83. The zero-order valence-electron chi connectivity index (χ0n) is 12.0. The zero-order valence-corrected chi connectivity index (χ0v) is 12.0. The molecule has 4 heteroatoms. The van der Waals surface area contributed by atoms with E-state index in [1.807, 2.05) is 6.92 Å². The zero-order chi connectivity index (χ0) is 13.5. The second-order valence-corrected chi connectivity index (χ2v) is 4.74. The maximum Gasteiger partial charge on any atom is 0.218 e. The van der Waals surface area contributed by atoms with Crippen molar-refractivity contribution in [1.29, 1.82) is 0 Å². The molecule has 4 nitrogen and oxygen atoms in total. The maximum absolute atomic E-state index is 5.70. The first-order valence-corrected chi connectivity index (χ1v) is 6.36. The lowest BCUT2D eigenvalue weighted by molar-refractivity contribution is 0.143. The Morgan fingerprint density at radius 1 is 1.28 bits per heavy atom. The quantitative estimate of drug-likeness (QED) is 0.756. The van der Waals surface area contributed by atoms with Crippen LogP contribution in [0.3, 0.4) is 0 Å². The summed E-state index contributed by atoms with van der Waals surface area (Å²) in [5.74, 6) is 0.720. The van der Waals surface area contributed by atoms with Gasteiger partial charge in [-0.2, -0.15) is 0 Å². The van der Waals surface area contributed by atoms with Crippen LogP contribution in [0.25, 0.3) is 0 Å². The number of nitrogens with one attached hydrogen (secondary N) is 1. The summed E-state index contributed by atoms with van der Waals surface area (Å²) in [4.78, 5) is 4.47. The van der Waals surface area contributed by atoms with Gasteiger partial charge in [0, 0.05) is 31.0 Å². The molecule has 0 bridgehead atoms. The molecule has 0 aromatic carbocycles. The maximum atomic E-state index is 5.70. The molecule has 0 saturated heterocycles. The van der Waals surface area contributed by atoms with Crippen LogP contribution < -0.4 is 10.1 Å². The molecule has 0 aliphatic heterocycles. The van der Waals surface area contributed by atoms with Crippen molar-refractivity contribution in [2.75, 3.05) is 20.3 Å². The van der Waals surface area contributed by atoms with E-state index in [9.17, 15) is 0 Å². The van der Waals surface area contributed by atoms with Crippen LogP contribution in [0.5, 0.6) is 5.88 Å². The van der Waals surface area contributed by atoms with E-state index < -0.39 is 0 Å². The van der Waals surface area contributed by atoms with Gasteiger partial charge in [-0.05, 0) is 25.5 Å². The third-order valence-electron chi connectivity index (χ3n) is 2.65. The van der Waals surface area contributed by atoms with Crippen molar-refractivity contribution >= 4 is 0 Å². The Morgan fingerprint density at radius 3 is 2.61 bits per heavy atom. The topological polar surface area (TPSA) is 43.4 Å². The van der Waals surface area contributed by atoms with E-state index in [2.05, 4.69) is 37.1 Å². The van der Waals surface area contributed by atoms with Crippen LogP contribution in [0.15, 0.2) is 6.07 Å². The SMILES string of the molecule is COCCOc1nc(C)cc(C)c1CNC(C)C. The van der Waals surface area contributed by atoms with Crippen LogP contribution in [-0.2, 0) is 11.3 Å². The van der Waals surface area contributed by atoms with Gasteiger partial charge in [0.2, 0.25) is 5.88 Å². The normalized spacial score (nSPS) is 11.0. The molecule has 1 N–H and O–H groups in total. The van der Waals surface area contributed by atoms with Crippen molar-refractivity contribution in [3.8, 4) is 5.88 Å². The van der Waals surface area contributed by atoms with Gasteiger partial charge in [-0.1, -0.05) is 13.8 Å². The molecule has 1 aromatic rings. The average Bonchev–Trinajstić information content (AvgIpc) is 2.27. The number of rotatable bonds is 7. The number of aromatic nitrogens is 1. The molecule has 0 aliphatic rings. The first-order valence-electron chi connectivity index (χ1n) is 6.36. The summed E-state index contributed by atoms with van der Waals surface area (Å²) in [6, 6.07) is 2.53. The first kappa shape index (κ1) is 14.9. The highest BCUT2D eigenvalue weighted by atomic mass is 16.5. The molecule has 0 aliphatic carbocycles. The van der Waals surface area contributed by atoms with Crippen LogP contribution >= 0.6 is 0 Å². The smallest absolute Gasteiger partial charge is 0.218 e. The van der Waals surface area contributed by atoms with Gasteiger partial charge in [-0.25, -0.2) is 4.98 Å². The molecule has 18 heavy (non-hydrogen) atoms. The lowest BCUT2D eigenvalue weighted by Crippen LogP contribution is -2.23. The second kappa shape index (κ2) is 7.34. The van der Waals surface area contributed by atoms with Gasteiger partial charge in [0.05, 0.1) is 6.61 Å². The summed E-state index contributed by atoms with van der Waals surface area (Å²) < 4.78 is 10.7. The monoisotopic (exact) mass is 252 g/mol. The highest BCUT2D eigenvalue weighted by Gasteiger charge is 2.10. The van der Waals surface area contributed by atoms with Crippen molar-refractivity contribution in [2.45, 2.75) is 40.3 Å². The number of methoxy groups -OCH3 is 1. The fraction of sp³-hybridized carbons (Fsp3) is 0.643. The number of aryl methyl sites for hydroxylation is 2. The van der Waals surface area contributed by atoms with Crippen molar-refractivity contribution in [2.24, 2.45) is 0 Å². The van der Waals surface area contributed by atoms with Crippen LogP contribution in [0.2, 0.25) is 0 Å². The van der Waals surface area contributed by atoms with E-state index in [1.54, 1.807) is 7.11 Å². The first-order chi connectivity index (χ1) is 8.54. The van der Waals surface area contributed by atoms with Crippen molar-refractivity contribution in [1.82, 2.24) is 10.3 Å². The number of hydrogen-bond acceptors (Lipinski definition) is 4. The number of ether oxygens (including phenoxy) is 2. The minimum Gasteiger partial charge on any atom is -0.475 e. The van der Waals surface area contributed by atoms with E-state index in [0.29, 0.717) is 19.3 Å². The van der Waals surface area contributed by atoms with Crippen molar-refractivity contribution < 1.29 is 9.47 Å². The summed E-state index contributed by atoms with van der Waals surface area (Å²) in [6.45, 7) is 10.2. The molecule has 0 saturated carbocycles. The summed E-state index contributed by atoms with van der Waals surface area (Å²) in [6.07, 6.45) is 0. The van der Waals surface area contributed by atoms with Crippen molar-refractivity contribution in [3.63, 3.8) is 0 Å². The summed E-state index contributed by atoms with van der Waals surface area (Å²) >= 11 is 0. The molecular formula is C14H24N2O2. The molecule has 0 radical (unpaired) electrons. The van der Waals surface area contributed by atoms with Crippen LogP contribution in [0, 0.1) is 13.8 Å². The van der Waals surface area contributed by atoms with Crippen molar-refractivity contribution in [3.05, 3.63) is 22.9 Å². The fourth-order valence-corrected chi connectivity index (χ4v) is 1.69. The van der Waals surface area contributed by atoms with Gasteiger partial charge >= 0.3 is 0 Å². The molecule has 0 atom stereocenters. The van der Waals surface area contributed by atoms with Gasteiger partial charge < -0.3 is 14.8 Å².